The Morgan fingerprint density at radius 1 is 1.17 bits per heavy atom. The van der Waals surface area contributed by atoms with E-state index in [0.717, 1.165) is 5.56 Å². The monoisotopic (exact) mass is 341 g/mol. The van der Waals surface area contributed by atoms with Gasteiger partial charge >= 0.3 is 5.97 Å². The van der Waals surface area contributed by atoms with Gasteiger partial charge in [0, 0.05) is 6.42 Å². The van der Waals surface area contributed by atoms with Crippen LogP contribution in [-0.4, -0.2) is 32.6 Å². The fourth-order valence-corrected chi connectivity index (χ4v) is 3.58. The number of nitrogens with zero attached hydrogens (tertiary/aromatic N) is 3. The first-order chi connectivity index (χ1) is 11.8. The Morgan fingerprint density at radius 3 is 2.75 bits per heavy atom. The average molecular weight is 341 g/mol. The highest BCUT2D eigenvalue weighted by molar-refractivity contribution is 8.00. The molecule has 3 heterocycles. The zero-order chi connectivity index (χ0) is 16.4. The molecule has 0 N–H and O–H groups in total. The Hall–Kier alpha value is -2.54. The first kappa shape index (κ1) is 15.0. The molecule has 24 heavy (non-hydrogen) atoms. The standard InChI is InChI=1S/C17H15N3O3S/c21-16-14(8-10-23-16)24-17-19-18-15(13-7-4-9-22-13)20(17)11-12-5-2-1-3-6-12/h1-7,9,14H,8,10-11H2. The third kappa shape index (κ3) is 2.94. The van der Waals surface area contributed by atoms with E-state index in [-0.39, 0.29) is 11.2 Å². The molecule has 6 nitrogen and oxygen atoms in total. The molecule has 1 aliphatic rings. The van der Waals surface area contributed by atoms with Gasteiger partial charge < -0.3 is 9.15 Å². The number of furan rings is 1. The predicted octanol–water partition coefficient (Wildman–Crippen LogP) is 2.99. The number of aromatic nitrogens is 3. The summed E-state index contributed by atoms with van der Waals surface area (Å²) in [5.41, 5.74) is 1.13. The quantitative estimate of drug-likeness (QED) is 0.665. The molecule has 4 rings (SSSR count). The zero-order valence-corrected chi connectivity index (χ0v) is 13.6. The second-order valence-corrected chi connectivity index (χ2v) is 6.59. The summed E-state index contributed by atoms with van der Waals surface area (Å²) in [5.74, 6) is 1.12. The van der Waals surface area contributed by atoms with Gasteiger partial charge in [0.2, 0.25) is 5.82 Å². The van der Waals surface area contributed by atoms with Crippen molar-refractivity contribution in [1.29, 1.82) is 0 Å². The van der Waals surface area contributed by atoms with E-state index in [1.54, 1.807) is 6.26 Å². The van der Waals surface area contributed by atoms with Gasteiger partial charge in [-0.3, -0.25) is 9.36 Å². The summed E-state index contributed by atoms with van der Waals surface area (Å²) >= 11 is 1.40. The van der Waals surface area contributed by atoms with Crippen LogP contribution in [0.15, 0.2) is 58.3 Å². The third-order valence-electron chi connectivity index (χ3n) is 3.78. The minimum Gasteiger partial charge on any atom is -0.465 e. The minimum atomic E-state index is -0.229. The number of hydrogen-bond donors (Lipinski definition) is 0. The lowest BCUT2D eigenvalue weighted by molar-refractivity contribution is -0.137. The van der Waals surface area contributed by atoms with E-state index >= 15 is 0 Å². The first-order valence-electron chi connectivity index (χ1n) is 7.65. The lowest BCUT2D eigenvalue weighted by atomic mass is 10.2. The van der Waals surface area contributed by atoms with Gasteiger partial charge in [0.1, 0.15) is 5.25 Å². The molecule has 0 bridgehead atoms. The second-order valence-electron chi connectivity index (χ2n) is 5.42. The van der Waals surface area contributed by atoms with E-state index in [2.05, 4.69) is 10.2 Å². The molecule has 1 atom stereocenters. The number of ether oxygens (including phenoxy) is 1. The Bertz CT molecular complexity index is 830. The molecule has 2 aromatic heterocycles. The van der Waals surface area contributed by atoms with Crippen molar-refractivity contribution in [2.75, 3.05) is 6.61 Å². The minimum absolute atomic E-state index is 0.186. The molecule has 0 radical (unpaired) electrons. The Kier molecular flexibility index (Phi) is 4.08. The summed E-state index contributed by atoms with van der Waals surface area (Å²) in [4.78, 5) is 11.8. The summed E-state index contributed by atoms with van der Waals surface area (Å²) in [6.07, 6.45) is 2.30. The SMILES string of the molecule is O=C1OCCC1Sc1nnc(-c2ccco2)n1Cc1ccccc1. The smallest absolute Gasteiger partial charge is 0.319 e. The van der Waals surface area contributed by atoms with Crippen LogP contribution in [0.1, 0.15) is 12.0 Å². The molecular weight excluding hydrogens is 326 g/mol. The molecule has 0 spiro atoms. The molecule has 1 aliphatic heterocycles. The maximum Gasteiger partial charge on any atom is 0.319 e. The molecule has 122 valence electrons. The summed E-state index contributed by atoms with van der Waals surface area (Å²) < 4.78 is 12.5. The number of carbonyl (C=O) groups is 1. The highest BCUT2D eigenvalue weighted by Crippen LogP contribution is 2.31. The van der Waals surface area contributed by atoms with Gasteiger partial charge in [-0.15, -0.1) is 10.2 Å². The number of cyclic esters (lactones) is 1. The molecule has 1 saturated heterocycles. The molecule has 1 unspecified atom stereocenters. The third-order valence-corrected chi connectivity index (χ3v) is 5.00. The average Bonchev–Trinajstić information content (AvgIpc) is 3.32. The predicted molar refractivity (Wildman–Crippen MR) is 88.5 cm³/mol. The maximum atomic E-state index is 11.8. The molecule has 0 saturated carbocycles. The second kappa shape index (κ2) is 6.52. The van der Waals surface area contributed by atoms with Crippen LogP contribution in [0.4, 0.5) is 0 Å². The number of thioether (sulfide) groups is 1. The van der Waals surface area contributed by atoms with Crippen LogP contribution in [0.2, 0.25) is 0 Å². The maximum absolute atomic E-state index is 11.8. The van der Waals surface area contributed by atoms with Crippen LogP contribution in [0.3, 0.4) is 0 Å². The molecule has 0 aliphatic carbocycles. The van der Waals surface area contributed by atoms with Crippen molar-refractivity contribution in [2.24, 2.45) is 0 Å². The molecule has 3 aromatic rings. The lowest BCUT2D eigenvalue weighted by Crippen LogP contribution is -2.12. The van der Waals surface area contributed by atoms with Crippen LogP contribution in [0.5, 0.6) is 0 Å². The van der Waals surface area contributed by atoms with Crippen molar-refractivity contribution < 1.29 is 13.9 Å². The number of carbonyl (C=O) groups excluding carboxylic acids is 1. The van der Waals surface area contributed by atoms with Crippen LogP contribution in [0, 0.1) is 0 Å². The molecule has 0 amide bonds. The summed E-state index contributed by atoms with van der Waals surface area (Å²) in [6.45, 7) is 1.07. The summed E-state index contributed by atoms with van der Waals surface area (Å²) in [5, 5.41) is 9.00. The van der Waals surface area contributed by atoms with Gasteiger partial charge in [0.15, 0.2) is 10.9 Å². The molecular formula is C17H15N3O3S. The van der Waals surface area contributed by atoms with Crippen molar-refractivity contribution in [2.45, 2.75) is 23.4 Å². The van der Waals surface area contributed by atoms with Crippen molar-refractivity contribution in [3.05, 3.63) is 54.3 Å². The fraction of sp³-hybridized carbons (Fsp3) is 0.235. The van der Waals surface area contributed by atoms with Crippen molar-refractivity contribution in [3.8, 4) is 11.6 Å². The number of esters is 1. The van der Waals surface area contributed by atoms with E-state index in [4.69, 9.17) is 9.15 Å². The van der Waals surface area contributed by atoms with E-state index in [9.17, 15) is 4.79 Å². The van der Waals surface area contributed by atoms with Gasteiger partial charge in [-0.1, -0.05) is 42.1 Å². The van der Waals surface area contributed by atoms with Crippen LogP contribution in [0.25, 0.3) is 11.6 Å². The van der Waals surface area contributed by atoms with Gasteiger partial charge in [-0.2, -0.15) is 0 Å². The van der Waals surface area contributed by atoms with Crippen LogP contribution in [-0.2, 0) is 16.1 Å². The van der Waals surface area contributed by atoms with E-state index in [1.807, 2.05) is 47.0 Å². The largest absolute Gasteiger partial charge is 0.465 e. The number of rotatable bonds is 5. The Balaban J connectivity index is 1.69. The lowest BCUT2D eigenvalue weighted by Gasteiger charge is -2.10. The first-order valence-corrected chi connectivity index (χ1v) is 8.53. The highest BCUT2D eigenvalue weighted by Gasteiger charge is 2.30. The van der Waals surface area contributed by atoms with Crippen molar-refractivity contribution >= 4 is 17.7 Å². The topological polar surface area (TPSA) is 70.2 Å². The van der Waals surface area contributed by atoms with Crippen molar-refractivity contribution in [3.63, 3.8) is 0 Å². The van der Waals surface area contributed by atoms with Crippen LogP contribution >= 0.6 is 11.8 Å². The fourth-order valence-electron chi connectivity index (χ4n) is 2.58. The Morgan fingerprint density at radius 2 is 2.04 bits per heavy atom. The van der Waals surface area contributed by atoms with Gasteiger partial charge in [-0.05, 0) is 17.7 Å². The van der Waals surface area contributed by atoms with Crippen molar-refractivity contribution in [1.82, 2.24) is 14.8 Å². The number of hydrogen-bond acceptors (Lipinski definition) is 6. The van der Waals surface area contributed by atoms with E-state index in [0.29, 0.717) is 36.3 Å². The van der Waals surface area contributed by atoms with E-state index < -0.39 is 0 Å². The van der Waals surface area contributed by atoms with Gasteiger partial charge in [-0.25, -0.2) is 0 Å². The van der Waals surface area contributed by atoms with Crippen LogP contribution < -0.4 is 0 Å². The van der Waals surface area contributed by atoms with Gasteiger partial charge in [0.25, 0.3) is 0 Å². The molecule has 1 fully saturated rings. The molecule has 7 heteroatoms. The van der Waals surface area contributed by atoms with E-state index in [1.165, 1.54) is 11.8 Å². The normalized spacial score (nSPS) is 17.2. The highest BCUT2D eigenvalue weighted by atomic mass is 32.2. The number of benzene rings is 1. The summed E-state index contributed by atoms with van der Waals surface area (Å²) in [6, 6.07) is 13.7. The Labute approximate surface area is 142 Å². The van der Waals surface area contributed by atoms with Gasteiger partial charge in [0.05, 0.1) is 19.4 Å². The zero-order valence-electron chi connectivity index (χ0n) is 12.8. The summed E-state index contributed by atoms with van der Waals surface area (Å²) in [7, 11) is 0. The molecule has 1 aromatic carbocycles.